The summed E-state index contributed by atoms with van der Waals surface area (Å²) in [7, 11) is 0. The van der Waals surface area contributed by atoms with Crippen molar-refractivity contribution in [1.82, 2.24) is 9.97 Å². The fourth-order valence-electron chi connectivity index (χ4n) is 2.48. The highest BCUT2D eigenvalue weighted by Gasteiger charge is 2.07. The van der Waals surface area contributed by atoms with E-state index in [-0.39, 0.29) is 24.0 Å². The third-order valence-electron chi connectivity index (χ3n) is 3.70. The maximum absolute atomic E-state index is 12.1. The number of fused-ring (bicyclic) bond motifs is 1. The molecule has 0 atom stereocenters. The summed E-state index contributed by atoms with van der Waals surface area (Å²) in [6.07, 6.45) is 0.837. The van der Waals surface area contributed by atoms with E-state index in [9.17, 15) is 9.59 Å². The summed E-state index contributed by atoms with van der Waals surface area (Å²) in [5.41, 5.74) is 2.22. The molecule has 6 nitrogen and oxygen atoms in total. The first-order valence-electron chi connectivity index (χ1n) is 7.78. The molecule has 0 spiro atoms. The number of aryl methyl sites for hydroxylation is 1. The van der Waals surface area contributed by atoms with E-state index in [1.165, 1.54) is 0 Å². The minimum Gasteiger partial charge on any atom is -0.347 e. The standard InChI is InChI=1S/C18H18N4O2/c1-2-12-7-3-5-9-14(12)20-16(23)11-19-18-21-15-10-6-4-8-13(15)17(24)22-18/h3-10H,2,11H2,1H3,(H,20,23)(H2,19,21,22,24). The fourth-order valence-corrected chi connectivity index (χ4v) is 2.48. The first-order chi connectivity index (χ1) is 11.7. The number of hydrogen-bond acceptors (Lipinski definition) is 4. The van der Waals surface area contributed by atoms with E-state index in [4.69, 9.17) is 0 Å². The third-order valence-corrected chi connectivity index (χ3v) is 3.70. The Kier molecular flexibility index (Phi) is 4.56. The number of para-hydroxylation sites is 2. The van der Waals surface area contributed by atoms with Crippen LogP contribution in [0.1, 0.15) is 12.5 Å². The highest BCUT2D eigenvalue weighted by atomic mass is 16.2. The van der Waals surface area contributed by atoms with Crippen molar-refractivity contribution < 1.29 is 4.79 Å². The molecule has 3 N–H and O–H groups in total. The summed E-state index contributed by atoms with van der Waals surface area (Å²) in [5, 5.41) is 6.24. The van der Waals surface area contributed by atoms with Gasteiger partial charge in [0.2, 0.25) is 11.9 Å². The lowest BCUT2D eigenvalue weighted by molar-refractivity contribution is -0.114. The summed E-state index contributed by atoms with van der Waals surface area (Å²) in [4.78, 5) is 31.0. The molecule has 0 aliphatic carbocycles. The van der Waals surface area contributed by atoms with Crippen LogP contribution < -0.4 is 16.2 Å². The van der Waals surface area contributed by atoms with E-state index < -0.39 is 0 Å². The van der Waals surface area contributed by atoms with Crippen LogP contribution in [0.5, 0.6) is 0 Å². The van der Waals surface area contributed by atoms with Gasteiger partial charge >= 0.3 is 0 Å². The van der Waals surface area contributed by atoms with Gasteiger partial charge in [-0.15, -0.1) is 0 Å². The quantitative estimate of drug-likeness (QED) is 0.674. The molecule has 0 saturated heterocycles. The van der Waals surface area contributed by atoms with Crippen molar-refractivity contribution in [2.75, 3.05) is 17.2 Å². The lowest BCUT2D eigenvalue weighted by Gasteiger charge is -2.10. The monoisotopic (exact) mass is 322 g/mol. The van der Waals surface area contributed by atoms with E-state index in [1.807, 2.05) is 37.3 Å². The number of carbonyl (C=O) groups is 1. The van der Waals surface area contributed by atoms with Gasteiger partial charge in [-0.1, -0.05) is 37.3 Å². The topological polar surface area (TPSA) is 86.9 Å². The molecule has 3 aromatic rings. The van der Waals surface area contributed by atoms with Gasteiger partial charge in [0, 0.05) is 5.69 Å². The van der Waals surface area contributed by atoms with Gasteiger partial charge in [0.15, 0.2) is 0 Å². The van der Waals surface area contributed by atoms with E-state index in [2.05, 4.69) is 20.6 Å². The third kappa shape index (κ3) is 3.43. The van der Waals surface area contributed by atoms with E-state index in [0.717, 1.165) is 17.7 Å². The number of amides is 1. The van der Waals surface area contributed by atoms with Gasteiger partial charge < -0.3 is 10.6 Å². The molecule has 0 aliphatic heterocycles. The SMILES string of the molecule is CCc1ccccc1NC(=O)CNc1nc2ccccc2c(=O)[nH]1. The Labute approximate surface area is 138 Å². The predicted molar refractivity (Wildman–Crippen MR) is 95.3 cm³/mol. The van der Waals surface area contributed by atoms with Gasteiger partial charge in [0.25, 0.3) is 5.56 Å². The molecule has 1 aromatic heterocycles. The van der Waals surface area contributed by atoms with Crippen molar-refractivity contribution in [3.8, 4) is 0 Å². The van der Waals surface area contributed by atoms with Crippen LogP contribution >= 0.6 is 0 Å². The van der Waals surface area contributed by atoms with Crippen LogP contribution in [0.3, 0.4) is 0 Å². The second-order valence-corrected chi connectivity index (χ2v) is 5.34. The van der Waals surface area contributed by atoms with E-state index in [0.29, 0.717) is 10.9 Å². The van der Waals surface area contributed by atoms with Gasteiger partial charge in [-0.3, -0.25) is 14.6 Å². The molecule has 0 aliphatic rings. The molecule has 1 heterocycles. The second-order valence-electron chi connectivity index (χ2n) is 5.34. The number of rotatable bonds is 5. The normalized spacial score (nSPS) is 10.5. The van der Waals surface area contributed by atoms with E-state index >= 15 is 0 Å². The zero-order valence-corrected chi connectivity index (χ0v) is 13.3. The Morgan fingerprint density at radius 1 is 1.12 bits per heavy atom. The molecule has 6 heteroatoms. The van der Waals surface area contributed by atoms with Gasteiger partial charge in [0.05, 0.1) is 17.4 Å². The number of benzene rings is 2. The second kappa shape index (κ2) is 6.95. The van der Waals surface area contributed by atoms with Crippen LogP contribution in [0, 0.1) is 0 Å². The average Bonchev–Trinajstić information content (AvgIpc) is 2.60. The maximum atomic E-state index is 12.1. The number of aromatic nitrogens is 2. The van der Waals surface area contributed by atoms with Crippen molar-refractivity contribution >= 4 is 28.4 Å². The number of H-pyrrole nitrogens is 1. The molecule has 0 fully saturated rings. The van der Waals surface area contributed by atoms with Crippen LogP contribution in [0.15, 0.2) is 53.3 Å². The first-order valence-corrected chi connectivity index (χ1v) is 7.78. The number of carbonyl (C=O) groups excluding carboxylic acids is 1. The van der Waals surface area contributed by atoms with Crippen LogP contribution in [0.25, 0.3) is 10.9 Å². The molecule has 3 rings (SSSR count). The van der Waals surface area contributed by atoms with Crippen molar-refractivity contribution in [3.05, 3.63) is 64.4 Å². The van der Waals surface area contributed by atoms with Gasteiger partial charge in [-0.2, -0.15) is 0 Å². The van der Waals surface area contributed by atoms with Gasteiger partial charge in [-0.25, -0.2) is 4.98 Å². The van der Waals surface area contributed by atoms with Crippen LogP contribution in [0.2, 0.25) is 0 Å². The van der Waals surface area contributed by atoms with Crippen molar-refractivity contribution in [2.24, 2.45) is 0 Å². The Morgan fingerprint density at radius 3 is 2.71 bits per heavy atom. The molecular weight excluding hydrogens is 304 g/mol. The summed E-state index contributed by atoms with van der Waals surface area (Å²) in [6.45, 7) is 2.05. The first kappa shape index (κ1) is 15.7. The minimum absolute atomic E-state index is 0.0132. The van der Waals surface area contributed by atoms with Crippen LogP contribution in [-0.4, -0.2) is 22.4 Å². The van der Waals surface area contributed by atoms with Crippen LogP contribution in [-0.2, 0) is 11.2 Å². The van der Waals surface area contributed by atoms with E-state index in [1.54, 1.807) is 18.2 Å². The highest BCUT2D eigenvalue weighted by molar-refractivity contribution is 5.94. The maximum Gasteiger partial charge on any atom is 0.260 e. The number of anilines is 2. The average molecular weight is 322 g/mol. The Bertz CT molecular complexity index is 933. The molecule has 1 amide bonds. The molecule has 0 bridgehead atoms. The zero-order chi connectivity index (χ0) is 16.9. The molecule has 0 radical (unpaired) electrons. The molecule has 24 heavy (non-hydrogen) atoms. The number of hydrogen-bond donors (Lipinski definition) is 3. The summed E-state index contributed by atoms with van der Waals surface area (Å²) in [6, 6.07) is 14.7. The number of aromatic amines is 1. The lowest BCUT2D eigenvalue weighted by Crippen LogP contribution is -2.24. The predicted octanol–water partition coefficient (Wildman–Crippen LogP) is 2.54. The largest absolute Gasteiger partial charge is 0.347 e. The fraction of sp³-hybridized carbons (Fsp3) is 0.167. The van der Waals surface area contributed by atoms with Crippen molar-refractivity contribution in [1.29, 1.82) is 0 Å². The Hall–Kier alpha value is -3.15. The molecule has 0 unspecified atom stereocenters. The summed E-state index contributed by atoms with van der Waals surface area (Å²) >= 11 is 0. The Morgan fingerprint density at radius 2 is 1.88 bits per heavy atom. The zero-order valence-electron chi connectivity index (χ0n) is 13.3. The minimum atomic E-state index is -0.236. The smallest absolute Gasteiger partial charge is 0.260 e. The molecule has 0 saturated carbocycles. The summed E-state index contributed by atoms with van der Waals surface area (Å²) in [5.74, 6) is 0.0735. The lowest BCUT2D eigenvalue weighted by atomic mass is 10.1. The Balaban J connectivity index is 1.69. The van der Waals surface area contributed by atoms with Gasteiger partial charge in [0.1, 0.15) is 0 Å². The van der Waals surface area contributed by atoms with Crippen molar-refractivity contribution in [2.45, 2.75) is 13.3 Å². The highest BCUT2D eigenvalue weighted by Crippen LogP contribution is 2.15. The van der Waals surface area contributed by atoms with Crippen molar-refractivity contribution in [3.63, 3.8) is 0 Å². The van der Waals surface area contributed by atoms with Gasteiger partial charge in [-0.05, 0) is 30.2 Å². The van der Waals surface area contributed by atoms with Crippen LogP contribution in [0.4, 0.5) is 11.6 Å². The molecular formula is C18H18N4O2. The molecule has 2 aromatic carbocycles. The molecule has 122 valence electrons. The number of nitrogens with one attached hydrogen (secondary N) is 3. The summed E-state index contributed by atoms with van der Waals surface area (Å²) < 4.78 is 0. The number of nitrogens with zero attached hydrogens (tertiary/aromatic N) is 1.